The first-order chi connectivity index (χ1) is 29.3. The van der Waals surface area contributed by atoms with Crippen molar-refractivity contribution >= 4 is 79.6 Å². The highest BCUT2D eigenvalue weighted by Gasteiger charge is 2.47. The molecule has 2 unspecified atom stereocenters. The summed E-state index contributed by atoms with van der Waals surface area (Å²) in [4.78, 5) is 41.6. The smallest absolute Gasteiger partial charge is 0.273 e. The molecule has 1 heterocycles. The zero-order chi connectivity index (χ0) is 45.8. The minimum absolute atomic E-state index is 0.0291. The third-order valence-corrected chi connectivity index (χ3v) is 14.8. The fourth-order valence-electron chi connectivity index (χ4n) is 7.26. The van der Waals surface area contributed by atoms with Crippen molar-refractivity contribution in [2.45, 2.75) is 161 Å². The molecule has 1 aliphatic rings. The van der Waals surface area contributed by atoms with Gasteiger partial charge in [0.15, 0.2) is 21.8 Å². The molecule has 0 saturated carbocycles. The Kier molecular flexibility index (Phi) is 18.8. The number of rotatable bonds is 23. The van der Waals surface area contributed by atoms with Crippen LogP contribution in [0, 0.1) is 0 Å². The second-order valence-electron chi connectivity index (χ2n) is 17.5. The molecule has 2 N–H and O–H groups in total. The first-order valence-electron chi connectivity index (χ1n) is 22.1. The first kappa shape index (κ1) is 51.0. The summed E-state index contributed by atoms with van der Waals surface area (Å²) >= 11 is 19.0. The number of ether oxygens (including phenoxy) is 1. The molecule has 0 spiro atoms. The van der Waals surface area contributed by atoms with Crippen LogP contribution in [0.3, 0.4) is 0 Å². The molecule has 340 valence electrons. The lowest BCUT2D eigenvalue weighted by atomic mass is 9.76. The van der Waals surface area contributed by atoms with Crippen molar-refractivity contribution in [1.29, 1.82) is 0 Å². The van der Waals surface area contributed by atoms with Crippen LogP contribution in [0.5, 0.6) is 5.75 Å². The third-order valence-electron chi connectivity index (χ3n) is 12.0. The van der Waals surface area contributed by atoms with Gasteiger partial charge in [-0.15, -0.1) is 5.10 Å². The number of unbranched alkanes of at least 4 members (excludes halogenated alkanes) is 9. The summed E-state index contributed by atoms with van der Waals surface area (Å²) in [5.74, 6) is -2.11. The van der Waals surface area contributed by atoms with Crippen LogP contribution in [-0.2, 0) is 30.3 Å². The predicted octanol–water partition coefficient (Wildman–Crippen LogP) is 12.6. The first-order valence-corrected chi connectivity index (χ1v) is 25.0. The van der Waals surface area contributed by atoms with Crippen LogP contribution in [0.2, 0.25) is 15.1 Å². The van der Waals surface area contributed by atoms with Gasteiger partial charge in [0.25, 0.3) is 17.7 Å². The average molecular weight is 932 g/mol. The van der Waals surface area contributed by atoms with Crippen molar-refractivity contribution in [3.8, 4) is 5.75 Å². The van der Waals surface area contributed by atoms with Crippen molar-refractivity contribution in [3.05, 3.63) is 86.4 Å². The highest BCUT2D eigenvalue weighted by molar-refractivity contribution is 7.93. The van der Waals surface area contributed by atoms with E-state index in [2.05, 4.69) is 76.3 Å². The van der Waals surface area contributed by atoms with Crippen LogP contribution < -0.4 is 20.4 Å². The molecular weight excluding hydrogens is 867 g/mol. The van der Waals surface area contributed by atoms with Crippen LogP contribution in [0.1, 0.15) is 160 Å². The summed E-state index contributed by atoms with van der Waals surface area (Å²) in [5, 5.41) is 8.90. The average Bonchev–Trinajstić information content (AvgIpc) is 3.54. The topological polar surface area (TPSA) is 134 Å². The second kappa shape index (κ2) is 22.8. The lowest BCUT2D eigenvalue weighted by molar-refractivity contribution is -0.123. The summed E-state index contributed by atoms with van der Waals surface area (Å²) in [5.41, 5.74) is 2.32. The molecule has 0 aromatic heterocycles. The van der Waals surface area contributed by atoms with Crippen LogP contribution in [0.25, 0.3) is 0 Å². The van der Waals surface area contributed by atoms with Gasteiger partial charge in [-0.2, -0.15) is 5.01 Å². The monoisotopic (exact) mass is 930 g/mol. The van der Waals surface area contributed by atoms with Crippen LogP contribution >= 0.6 is 34.8 Å². The van der Waals surface area contributed by atoms with Gasteiger partial charge in [-0.1, -0.05) is 166 Å². The van der Waals surface area contributed by atoms with E-state index in [1.54, 1.807) is 12.1 Å². The van der Waals surface area contributed by atoms with Crippen molar-refractivity contribution in [2.24, 2.45) is 5.10 Å². The van der Waals surface area contributed by atoms with E-state index in [-0.39, 0.29) is 48.7 Å². The molecule has 3 aromatic rings. The van der Waals surface area contributed by atoms with E-state index in [0.717, 1.165) is 49.1 Å². The molecule has 62 heavy (non-hydrogen) atoms. The SMILES string of the molecule is CCCCCCCCCCCCS(=O)(=O)C1C(=O)N(c2c(Cl)cc(Cl)cc2Cl)N=C1NC(=O)c1cccc(NC(=O)C(CC)Oc2ccc(C(C)(C)CC)cc2C(C)(C)CC)c1. The van der Waals surface area contributed by atoms with Crippen molar-refractivity contribution < 1.29 is 27.5 Å². The maximum Gasteiger partial charge on any atom is 0.273 e. The number of hydrogen-bond acceptors (Lipinski definition) is 7. The number of benzene rings is 3. The molecule has 3 amide bonds. The minimum atomic E-state index is -4.18. The Labute approximate surface area is 384 Å². The summed E-state index contributed by atoms with van der Waals surface area (Å²) < 4.78 is 34.3. The summed E-state index contributed by atoms with van der Waals surface area (Å²) in [7, 11) is -4.18. The van der Waals surface area contributed by atoms with Gasteiger partial charge in [-0.25, -0.2) is 8.42 Å². The summed E-state index contributed by atoms with van der Waals surface area (Å²) in [6, 6.07) is 15.1. The third kappa shape index (κ3) is 13.2. The molecule has 0 radical (unpaired) electrons. The van der Waals surface area contributed by atoms with Gasteiger partial charge >= 0.3 is 0 Å². The van der Waals surface area contributed by atoms with Gasteiger partial charge < -0.3 is 15.4 Å². The number of nitrogens with one attached hydrogen (secondary N) is 2. The lowest BCUT2D eigenvalue weighted by Crippen LogP contribution is -2.46. The number of carbonyl (C=O) groups is 3. The predicted molar refractivity (Wildman–Crippen MR) is 256 cm³/mol. The van der Waals surface area contributed by atoms with Gasteiger partial charge in [0, 0.05) is 21.8 Å². The normalized spacial score (nSPS) is 15.1. The number of anilines is 2. The Balaban J connectivity index is 1.53. The van der Waals surface area contributed by atoms with Gasteiger partial charge in [0.05, 0.1) is 15.8 Å². The van der Waals surface area contributed by atoms with E-state index in [1.165, 1.54) is 55.5 Å². The quantitative estimate of drug-likeness (QED) is 0.0910. The van der Waals surface area contributed by atoms with Crippen LogP contribution in [-0.4, -0.2) is 49.1 Å². The van der Waals surface area contributed by atoms with E-state index in [4.69, 9.17) is 39.5 Å². The second-order valence-corrected chi connectivity index (χ2v) is 21.0. The van der Waals surface area contributed by atoms with E-state index in [0.29, 0.717) is 30.7 Å². The number of nitrogens with zero attached hydrogens (tertiary/aromatic N) is 2. The molecule has 14 heteroatoms. The minimum Gasteiger partial charge on any atom is -0.480 e. The van der Waals surface area contributed by atoms with Crippen molar-refractivity contribution in [2.75, 3.05) is 16.1 Å². The maximum absolute atomic E-state index is 14.0. The van der Waals surface area contributed by atoms with E-state index in [1.807, 2.05) is 13.0 Å². The molecule has 2 atom stereocenters. The molecule has 0 aliphatic carbocycles. The molecular formula is C48H65Cl3N4O6S. The molecule has 3 aromatic carbocycles. The molecule has 10 nitrogen and oxygen atoms in total. The van der Waals surface area contributed by atoms with E-state index in [9.17, 15) is 22.8 Å². The van der Waals surface area contributed by atoms with Gasteiger partial charge in [-0.05, 0) is 78.5 Å². The highest BCUT2D eigenvalue weighted by Crippen LogP contribution is 2.41. The Morgan fingerprint density at radius 2 is 1.39 bits per heavy atom. The van der Waals surface area contributed by atoms with Crippen LogP contribution in [0.4, 0.5) is 11.4 Å². The lowest BCUT2D eigenvalue weighted by Gasteiger charge is -2.31. The zero-order valence-electron chi connectivity index (χ0n) is 37.6. The number of halogens is 3. The maximum atomic E-state index is 14.0. The van der Waals surface area contributed by atoms with Gasteiger partial charge in [0.2, 0.25) is 5.25 Å². The van der Waals surface area contributed by atoms with E-state index < -0.39 is 38.9 Å². The number of carbonyl (C=O) groups excluding carboxylic acids is 3. The number of sulfone groups is 1. The Bertz CT molecular complexity index is 2170. The van der Waals surface area contributed by atoms with Crippen molar-refractivity contribution in [3.63, 3.8) is 0 Å². The molecule has 0 fully saturated rings. The number of hydrazone groups is 1. The number of amidine groups is 1. The van der Waals surface area contributed by atoms with E-state index >= 15 is 0 Å². The van der Waals surface area contributed by atoms with Gasteiger partial charge in [0.1, 0.15) is 11.4 Å². The summed E-state index contributed by atoms with van der Waals surface area (Å²) in [6.07, 6.45) is 11.4. The number of amides is 3. The van der Waals surface area contributed by atoms with Crippen LogP contribution in [0.15, 0.2) is 59.7 Å². The number of hydrogen-bond donors (Lipinski definition) is 2. The van der Waals surface area contributed by atoms with Gasteiger partial charge in [-0.3, -0.25) is 14.4 Å². The van der Waals surface area contributed by atoms with Crippen molar-refractivity contribution in [1.82, 2.24) is 5.32 Å². The fourth-order valence-corrected chi connectivity index (χ4v) is 9.93. The standard InChI is InChI=1S/C48H65Cl3N4O6S/c1-9-13-14-15-16-17-18-19-20-21-27-62(59,60)42-43(54-55(46(42)58)41-37(50)30-34(49)31-38(41)51)53-44(56)32-23-22-24-35(28-32)52-45(57)39(10-2)61-40-26-25-33(47(5,6)11-3)29-36(40)48(7,8)12-4/h22-26,28-31,39,42H,9-21,27H2,1-8H3,(H,52,57)(H,53,54,56). The Hall–Kier alpha value is -3.64. The Morgan fingerprint density at radius 3 is 1.97 bits per heavy atom. The zero-order valence-corrected chi connectivity index (χ0v) is 40.7. The molecule has 4 rings (SSSR count). The highest BCUT2D eigenvalue weighted by atomic mass is 35.5. The fraction of sp³-hybridized carbons (Fsp3) is 0.542. The molecule has 0 bridgehead atoms. The largest absolute Gasteiger partial charge is 0.480 e. The molecule has 0 saturated heterocycles. The molecule has 1 aliphatic heterocycles. The Morgan fingerprint density at radius 1 is 0.790 bits per heavy atom. The summed E-state index contributed by atoms with van der Waals surface area (Å²) in [6.45, 7) is 17.1.